The standard InChI is InChI=1S/C20H26N2/c1-14(2)22-17-12-15(3)19-18(13-17)20(4,10-11-21-19)16-8-6-5-7-9-16/h5-9,12-14,21-22H,10-11H2,1-4H3. The van der Waals surface area contributed by atoms with Gasteiger partial charge in [0.25, 0.3) is 0 Å². The molecule has 2 N–H and O–H groups in total. The zero-order chi connectivity index (χ0) is 15.7. The number of rotatable bonds is 3. The highest BCUT2D eigenvalue weighted by atomic mass is 14.9. The van der Waals surface area contributed by atoms with E-state index in [1.807, 2.05) is 0 Å². The summed E-state index contributed by atoms with van der Waals surface area (Å²) in [6.07, 6.45) is 1.12. The molecule has 0 bridgehead atoms. The summed E-state index contributed by atoms with van der Waals surface area (Å²) in [5, 5.41) is 7.17. The van der Waals surface area contributed by atoms with Crippen LogP contribution in [0.1, 0.15) is 43.9 Å². The van der Waals surface area contributed by atoms with E-state index in [1.165, 1.54) is 28.1 Å². The predicted octanol–water partition coefficient (Wildman–Crippen LogP) is 4.94. The summed E-state index contributed by atoms with van der Waals surface area (Å²) >= 11 is 0. The van der Waals surface area contributed by atoms with Crippen LogP contribution in [0.25, 0.3) is 0 Å². The van der Waals surface area contributed by atoms with Gasteiger partial charge in [-0.05, 0) is 56.0 Å². The number of benzene rings is 2. The van der Waals surface area contributed by atoms with Gasteiger partial charge in [-0.15, -0.1) is 0 Å². The van der Waals surface area contributed by atoms with Gasteiger partial charge in [-0.2, -0.15) is 0 Å². The predicted molar refractivity (Wildman–Crippen MR) is 95.9 cm³/mol. The number of aryl methyl sites for hydroxylation is 1. The molecule has 2 aromatic carbocycles. The molecule has 2 aromatic rings. The highest BCUT2D eigenvalue weighted by Gasteiger charge is 2.34. The molecule has 1 unspecified atom stereocenters. The van der Waals surface area contributed by atoms with E-state index in [2.05, 4.69) is 80.8 Å². The molecule has 0 saturated heterocycles. The second-order valence-corrected chi connectivity index (χ2v) is 6.89. The SMILES string of the molecule is Cc1cc(NC(C)C)cc2c1NCCC2(C)c1ccccc1. The topological polar surface area (TPSA) is 24.1 Å². The summed E-state index contributed by atoms with van der Waals surface area (Å²) in [6, 6.07) is 15.9. The van der Waals surface area contributed by atoms with Crippen LogP contribution in [0, 0.1) is 6.92 Å². The van der Waals surface area contributed by atoms with Crippen LogP contribution < -0.4 is 10.6 Å². The molecular formula is C20H26N2. The quantitative estimate of drug-likeness (QED) is 0.838. The van der Waals surface area contributed by atoms with Gasteiger partial charge in [0.15, 0.2) is 0 Å². The lowest BCUT2D eigenvalue weighted by Crippen LogP contribution is -2.33. The number of nitrogens with one attached hydrogen (secondary N) is 2. The summed E-state index contributed by atoms with van der Waals surface area (Å²) in [5.74, 6) is 0. The maximum atomic E-state index is 3.61. The number of hydrogen-bond donors (Lipinski definition) is 2. The smallest absolute Gasteiger partial charge is 0.0413 e. The van der Waals surface area contributed by atoms with E-state index in [0.717, 1.165) is 13.0 Å². The van der Waals surface area contributed by atoms with Crippen LogP contribution in [0.3, 0.4) is 0 Å². The summed E-state index contributed by atoms with van der Waals surface area (Å²) in [7, 11) is 0. The Bertz CT molecular complexity index is 661. The summed E-state index contributed by atoms with van der Waals surface area (Å²) in [5.41, 5.74) is 6.74. The van der Waals surface area contributed by atoms with E-state index in [9.17, 15) is 0 Å². The Kier molecular flexibility index (Phi) is 3.86. The lowest BCUT2D eigenvalue weighted by Gasteiger charge is -2.38. The van der Waals surface area contributed by atoms with Crippen LogP contribution in [0.4, 0.5) is 11.4 Å². The van der Waals surface area contributed by atoms with Crippen molar-refractivity contribution in [2.75, 3.05) is 17.2 Å². The van der Waals surface area contributed by atoms with E-state index in [-0.39, 0.29) is 5.41 Å². The van der Waals surface area contributed by atoms with Gasteiger partial charge in [0.1, 0.15) is 0 Å². The molecule has 116 valence electrons. The van der Waals surface area contributed by atoms with Gasteiger partial charge >= 0.3 is 0 Å². The van der Waals surface area contributed by atoms with Crippen molar-refractivity contribution in [3.63, 3.8) is 0 Å². The highest BCUT2D eigenvalue weighted by molar-refractivity contribution is 5.70. The van der Waals surface area contributed by atoms with E-state index < -0.39 is 0 Å². The fourth-order valence-corrected chi connectivity index (χ4v) is 3.55. The van der Waals surface area contributed by atoms with Crippen LogP contribution in [0.15, 0.2) is 42.5 Å². The van der Waals surface area contributed by atoms with E-state index in [4.69, 9.17) is 0 Å². The zero-order valence-electron chi connectivity index (χ0n) is 14.0. The molecule has 1 atom stereocenters. The van der Waals surface area contributed by atoms with Crippen LogP contribution >= 0.6 is 0 Å². The first-order valence-corrected chi connectivity index (χ1v) is 8.22. The van der Waals surface area contributed by atoms with Crippen LogP contribution in [0.5, 0.6) is 0 Å². The average molecular weight is 294 g/mol. The van der Waals surface area contributed by atoms with Gasteiger partial charge in [-0.1, -0.05) is 37.3 Å². The van der Waals surface area contributed by atoms with Gasteiger partial charge in [-0.25, -0.2) is 0 Å². The molecule has 0 radical (unpaired) electrons. The molecule has 0 spiro atoms. The van der Waals surface area contributed by atoms with Crippen molar-refractivity contribution in [2.24, 2.45) is 0 Å². The highest BCUT2D eigenvalue weighted by Crippen LogP contribution is 2.44. The summed E-state index contributed by atoms with van der Waals surface area (Å²) in [4.78, 5) is 0. The maximum absolute atomic E-state index is 3.61. The zero-order valence-corrected chi connectivity index (χ0v) is 14.0. The monoisotopic (exact) mass is 294 g/mol. The van der Waals surface area contributed by atoms with E-state index in [0.29, 0.717) is 6.04 Å². The molecule has 0 saturated carbocycles. The molecule has 2 heteroatoms. The number of hydrogen-bond acceptors (Lipinski definition) is 2. The lowest BCUT2D eigenvalue weighted by atomic mass is 9.70. The lowest BCUT2D eigenvalue weighted by molar-refractivity contribution is 0.521. The van der Waals surface area contributed by atoms with E-state index >= 15 is 0 Å². The molecule has 2 nitrogen and oxygen atoms in total. The van der Waals surface area contributed by atoms with Gasteiger partial charge < -0.3 is 10.6 Å². The third-order valence-corrected chi connectivity index (χ3v) is 4.72. The third-order valence-electron chi connectivity index (χ3n) is 4.72. The van der Waals surface area contributed by atoms with Crippen LogP contribution in [-0.2, 0) is 5.41 Å². The first-order valence-electron chi connectivity index (χ1n) is 8.22. The molecular weight excluding hydrogens is 268 g/mol. The fourth-order valence-electron chi connectivity index (χ4n) is 3.55. The van der Waals surface area contributed by atoms with Gasteiger partial charge in [0, 0.05) is 29.4 Å². The Morgan fingerprint density at radius 2 is 1.86 bits per heavy atom. The van der Waals surface area contributed by atoms with Crippen molar-refractivity contribution in [2.45, 2.75) is 45.6 Å². The normalized spacial score (nSPS) is 20.4. The Morgan fingerprint density at radius 1 is 1.14 bits per heavy atom. The maximum Gasteiger partial charge on any atom is 0.0413 e. The Hall–Kier alpha value is -1.96. The van der Waals surface area contributed by atoms with Crippen molar-refractivity contribution < 1.29 is 0 Å². The molecule has 0 aliphatic carbocycles. The van der Waals surface area contributed by atoms with Gasteiger partial charge in [0.05, 0.1) is 0 Å². The molecule has 22 heavy (non-hydrogen) atoms. The minimum Gasteiger partial charge on any atom is -0.385 e. The Labute approximate surface area is 134 Å². The molecule has 1 aliphatic heterocycles. The first kappa shape index (κ1) is 15.0. The van der Waals surface area contributed by atoms with Crippen molar-refractivity contribution in [1.29, 1.82) is 0 Å². The van der Waals surface area contributed by atoms with Crippen molar-refractivity contribution >= 4 is 11.4 Å². The van der Waals surface area contributed by atoms with Crippen molar-refractivity contribution in [1.82, 2.24) is 0 Å². The Balaban J connectivity index is 2.14. The molecule has 0 aromatic heterocycles. The van der Waals surface area contributed by atoms with Crippen molar-refractivity contribution in [3.05, 3.63) is 59.2 Å². The minimum absolute atomic E-state index is 0.0707. The van der Waals surface area contributed by atoms with Crippen LogP contribution in [-0.4, -0.2) is 12.6 Å². The van der Waals surface area contributed by atoms with Gasteiger partial charge in [-0.3, -0.25) is 0 Å². The average Bonchev–Trinajstić information content (AvgIpc) is 2.49. The largest absolute Gasteiger partial charge is 0.385 e. The van der Waals surface area contributed by atoms with Crippen LogP contribution in [0.2, 0.25) is 0 Å². The molecule has 1 heterocycles. The molecule has 0 fully saturated rings. The molecule has 1 aliphatic rings. The van der Waals surface area contributed by atoms with E-state index in [1.54, 1.807) is 0 Å². The second kappa shape index (κ2) is 5.68. The molecule has 0 amide bonds. The minimum atomic E-state index is 0.0707. The summed E-state index contributed by atoms with van der Waals surface area (Å²) < 4.78 is 0. The Morgan fingerprint density at radius 3 is 2.55 bits per heavy atom. The third kappa shape index (κ3) is 2.58. The summed E-state index contributed by atoms with van der Waals surface area (Å²) in [6.45, 7) is 9.97. The number of anilines is 2. The second-order valence-electron chi connectivity index (χ2n) is 6.89. The van der Waals surface area contributed by atoms with Gasteiger partial charge in [0.2, 0.25) is 0 Å². The number of fused-ring (bicyclic) bond motifs is 1. The fraction of sp³-hybridized carbons (Fsp3) is 0.400. The van der Waals surface area contributed by atoms with Crippen molar-refractivity contribution in [3.8, 4) is 0 Å². The molecule has 3 rings (SSSR count). The first-order chi connectivity index (χ1) is 10.5.